The predicted molar refractivity (Wildman–Crippen MR) is 86.9 cm³/mol. The molecular formula is C17H21FN3O3+. The Labute approximate surface area is 139 Å². The maximum absolute atomic E-state index is 12.8. The number of likely N-dealkylation sites (N-methyl/N-ethyl adjacent to an activating group) is 1. The molecule has 3 N–H and O–H groups in total. The van der Waals surface area contributed by atoms with Crippen molar-refractivity contribution in [3.05, 3.63) is 53.7 Å². The lowest BCUT2D eigenvalue weighted by Gasteiger charge is -2.12. The number of nitrogens with one attached hydrogen (secondary N) is 3. The topological polar surface area (TPSA) is 75.8 Å². The summed E-state index contributed by atoms with van der Waals surface area (Å²) in [6.45, 7) is 2.54. The maximum Gasteiger partial charge on any atom is 0.275 e. The van der Waals surface area contributed by atoms with Gasteiger partial charge in [-0.1, -0.05) is 0 Å². The van der Waals surface area contributed by atoms with Gasteiger partial charge in [0, 0.05) is 5.69 Å². The summed E-state index contributed by atoms with van der Waals surface area (Å²) in [4.78, 5) is 24.5. The molecule has 0 aliphatic heterocycles. The Morgan fingerprint density at radius 2 is 1.83 bits per heavy atom. The van der Waals surface area contributed by atoms with Crippen LogP contribution in [0, 0.1) is 12.7 Å². The number of quaternary nitrogens is 1. The number of hydrogen-bond donors (Lipinski definition) is 3. The van der Waals surface area contributed by atoms with Crippen molar-refractivity contribution in [2.24, 2.45) is 0 Å². The Bertz CT molecular complexity index is 697. The predicted octanol–water partition coefficient (Wildman–Crippen LogP) is 0.497. The molecule has 0 bridgehead atoms. The second-order valence-electron chi connectivity index (χ2n) is 5.65. The third-order valence-electron chi connectivity index (χ3n) is 3.31. The van der Waals surface area contributed by atoms with Crippen LogP contribution in [0.25, 0.3) is 0 Å². The van der Waals surface area contributed by atoms with Crippen LogP contribution in [0.1, 0.15) is 11.5 Å². The summed E-state index contributed by atoms with van der Waals surface area (Å²) in [6, 6.07) is 9.18. The van der Waals surface area contributed by atoms with Gasteiger partial charge in [-0.05, 0) is 43.3 Å². The molecule has 0 saturated heterocycles. The lowest BCUT2D eigenvalue weighted by molar-refractivity contribution is -0.886. The minimum atomic E-state index is -0.376. The van der Waals surface area contributed by atoms with E-state index in [0.29, 0.717) is 12.2 Å². The third kappa shape index (κ3) is 5.85. The van der Waals surface area contributed by atoms with E-state index in [1.54, 1.807) is 0 Å². The number of anilines is 1. The number of amides is 2. The minimum absolute atomic E-state index is 0.136. The molecule has 0 spiro atoms. The molecule has 1 aromatic carbocycles. The van der Waals surface area contributed by atoms with Crippen LogP contribution in [0.4, 0.5) is 10.1 Å². The van der Waals surface area contributed by atoms with Crippen LogP contribution in [0.2, 0.25) is 0 Å². The van der Waals surface area contributed by atoms with E-state index in [2.05, 4.69) is 10.6 Å². The average molecular weight is 334 g/mol. The van der Waals surface area contributed by atoms with Crippen LogP contribution in [-0.4, -0.2) is 32.0 Å². The number of benzene rings is 1. The first-order valence-corrected chi connectivity index (χ1v) is 7.61. The van der Waals surface area contributed by atoms with Crippen LogP contribution >= 0.6 is 0 Å². The van der Waals surface area contributed by atoms with Crippen LogP contribution < -0.4 is 15.5 Å². The number of aryl methyl sites for hydroxylation is 1. The summed E-state index contributed by atoms with van der Waals surface area (Å²) in [5.74, 6) is 0.671. The summed E-state index contributed by atoms with van der Waals surface area (Å²) in [5, 5.41) is 5.14. The molecule has 0 aliphatic carbocycles. The summed E-state index contributed by atoms with van der Waals surface area (Å²) in [5.41, 5.74) is 0.478. The quantitative estimate of drug-likeness (QED) is 0.690. The molecule has 1 heterocycles. The zero-order valence-corrected chi connectivity index (χ0v) is 13.7. The first kappa shape index (κ1) is 17.7. The fourth-order valence-electron chi connectivity index (χ4n) is 2.19. The SMILES string of the molecule is Cc1ccc(C[NH+](C)CC(=O)NCC(=O)Nc2ccc(F)cc2)o1. The molecule has 6 nitrogen and oxygen atoms in total. The molecule has 2 rings (SSSR count). The van der Waals surface area contributed by atoms with Crippen LogP contribution in [0.3, 0.4) is 0 Å². The largest absolute Gasteiger partial charge is 0.460 e. The van der Waals surface area contributed by atoms with Crippen molar-refractivity contribution in [3.8, 4) is 0 Å². The number of hydrogen-bond acceptors (Lipinski definition) is 3. The molecule has 2 aromatic rings. The molecule has 2 amide bonds. The molecule has 0 saturated carbocycles. The normalized spacial score (nSPS) is 11.8. The van der Waals surface area contributed by atoms with Gasteiger partial charge in [-0.25, -0.2) is 4.39 Å². The molecule has 1 atom stereocenters. The highest BCUT2D eigenvalue weighted by molar-refractivity contribution is 5.94. The van der Waals surface area contributed by atoms with E-state index < -0.39 is 0 Å². The Hall–Kier alpha value is -2.67. The van der Waals surface area contributed by atoms with E-state index in [1.165, 1.54) is 24.3 Å². The molecule has 0 aliphatic rings. The van der Waals surface area contributed by atoms with E-state index in [0.717, 1.165) is 16.4 Å². The van der Waals surface area contributed by atoms with Crippen LogP contribution in [-0.2, 0) is 16.1 Å². The van der Waals surface area contributed by atoms with Crippen molar-refractivity contribution < 1.29 is 23.3 Å². The molecule has 0 radical (unpaired) electrons. The van der Waals surface area contributed by atoms with Crippen molar-refractivity contribution in [1.29, 1.82) is 0 Å². The van der Waals surface area contributed by atoms with Gasteiger partial charge in [0.1, 0.15) is 18.1 Å². The zero-order valence-electron chi connectivity index (χ0n) is 13.7. The second kappa shape index (κ2) is 8.26. The van der Waals surface area contributed by atoms with Gasteiger partial charge in [0.25, 0.3) is 5.91 Å². The highest BCUT2D eigenvalue weighted by Gasteiger charge is 2.13. The van der Waals surface area contributed by atoms with E-state index in [-0.39, 0.29) is 30.7 Å². The van der Waals surface area contributed by atoms with E-state index in [4.69, 9.17) is 4.42 Å². The van der Waals surface area contributed by atoms with Gasteiger partial charge >= 0.3 is 0 Å². The standard InChI is InChI=1S/C17H20FN3O3/c1-12-3-8-15(24-12)10-21(2)11-17(23)19-9-16(22)20-14-6-4-13(18)5-7-14/h3-8H,9-11H2,1-2H3,(H,19,23)(H,20,22)/p+1. The highest BCUT2D eigenvalue weighted by atomic mass is 19.1. The summed E-state index contributed by atoms with van der Waals surface area (Å²) in [6.07, 6.45) is 0. The summed E-state index contributed by atoms with van der Waals surface area (Å²) < 4.78 is 18.2. The number of halogens is 1. The van der Waals surface area contributed by atoms with Gasteiger partial charge in [0.2, 0.25) is 5.91 Å². The first-order valence-electron chi connectivity index (χ1n) is 7.61. The van der Waals surface area contributed by atoms with Gasteiger partial charge in [-0.3, -0.25) is 9.59 Å². The third-order valence-corrected chi connectivity index (χ3v) is 3.31. The molecule has 1 unspecified atom stereocenters. The van der Waals surface area contributed by atoms with E-state index in [1.807, 2.05) is 26.1 Å². The van der Waals surface area contributed by atoms with Gasteiger partial charge in [-0.2, -0.15) is 0 Å². The molecule has 24 heavy (non-hydrogen) atoms. The van der Waals surface area contributed by atoms with Gasteiger partial charge < -0.3 is 20.0 Å². The summed E-state index contributed by atoms with van der Waals surface area (Å²) in [7, 11) is 1.87. The lowest BCUT2D eigenvalue weighted by atomic mass is 10.3. The molecule has 0 fully saturated rings. The Kier molecular flexibility index (Phi) is 6.08. The number of carbonyl (C=O) groups excluding carboxylic acids is 2. The van der Waals surface area contributed by atoms with Gasteiger partial charge in [0.15, 0.2) is 12.3 Å². The maximum atomic E-state index is 12.8. The molecule has 1 aromatic heterocycles. The second-order valence-corrected chi connectivity index (χ2v) is 5.65. The fraction of sp³-hybridized carbons (Fsp3) is 0.294. The number of rotatable bonds is 7. The monoisotopic (exact) mass is 334 g/mol. The van der Waals surface area contributed by atoms with Crippen molar-refractivity contribution >= 4 is 17.5 Å². The Morgan fingerprint density at radius 1 is 1.12 bits per heavy atom. The number of carbonyl (C=O) groups is 2. The Morgan fingerprint density at radius 3 is 2.46 bits per heavy atom. The zero-order chi connectivity index (χ0) is 17.5. The van der Waals surface area contributed by atoms with Crippen molar-refractivity contribution in [2.75, 3.05) is 25.5 Å². The van der Waals surface area contributed by atoms with Gasteiger partial charge in [-0.15, -0.1) is 0 Å². The van der Waals surface area contributed by atoms with Crippen LogP contribution in [0.15, 0.2) is 40.8 Å². The van der Waals surface area contributed by atoms with Gasteiger partial charge in [0.05, 0.1) is 13.6 Å². The highest BCUT2D eigenvalue weighted by Crippen LogP contribution is 2.07. The summed E-state index contributed by atoms with van der Waals surface area (Å²) >= 11 is 0. The lowest BCUT2D eigenvalue weighted by Crippen LogP contribution is -3.08. The molecular weight excluding hydrogens is 313 g/mol. The molecule has 7 heteroatoms. The smallest absolute Gasteiger partial charge is 0.275 e. The van der Waals surface area contributed by atoms with Crippen LogP contribution in [0.5, 0.6) is 0 Å². The fourth-order valence-corrected chi connectivity index (χ4v) is 2.19. The number of furan rings is 1. The van der Waals surface area contributed by atoms with E-state index >= 15 is 0 Å². The van der Waals surface area contributed by atoms with Crippen molar-refractivity contribution in [1.82, 2.24) is 5.32 Å². The van der Waals surface area contributed by atoms with Crippen molar-refractivity contribution in [3.63, 3.8) is 0 Å². The minimum Gasteiger partial charge on any atom is -0.460 e. The average Bonchev–Trinajstić information content (AvgIpc) is 2.92. The molecule has 128 valence electrons. The van der Waals surface area contributed by atoms with Crippen molar-refractivity contribution in [2.45, 2.75) is 13.5 Å². The van der Waals surface area contributed by atoms with E-state index in [9.17, 15) is 14.0 Å². The Balaban J connectivity index is 1.70. The first-order chi connectivity index (χ1) is 11.4.